The second kappa shape index (κ2) is 9.40. The fourth-order valence-corrected chi connectivity index (χ4v) is 11.2. The maximum atomic E-state index is 12.7. The molecule has 5 saturated carbocycles. The van der Waals surface area contributed by atoms with Gasteiger partial charge in [0, 0.05) is 13.0 Å². The Hall–Kier alpha value is -0.870. The van der Waals surface area contributed by atoms with Crippen LogP contribution in [-0.4, -0.2) is 34.9 Å². The first-order chi connectivity index (χ1) is 17.2. The Morgan fingerprint density at radius 3 is 2.50 bits per heavy atom. The molecule has 6 aliphatic rings. The number of amides is 1. The largest absolute Gasteiger partial charge is 0.393 e. The fraction of sp³-hybridized carbons (Fsp3) is 0.906. The van der Waals surface area contributed by atoms with Crippen molar-refractivity contribution in [1.29, 1.82) is 0 Å². The van der Waals surface area contributed by atoms with E-state index < -0.39 is 0 Å². The molecule has 0 spiro atoms. The summed E-state index contributed by atoms with van der Waals surface area (Å²) in [5.41, 5.74) is 0.589. The van der Waals surface area contributed by atoms with Crippen molar-refractivity contribution in [3.05, 3.63) is 12.2 Å². The number of allylic oxidation sites excluding steroid dienone is 2. The SMILES string of the molecule is C[C@H](CCC(=O)NC[C@H]1C[C@H]2C=C[C@H]1C2)[C@H]1CC[C@H]2[C@@H]3[C@@H](O)C[C@@H]4C[C@H](O)CC[C@]4(C)[C@H]3CC[C@]12C. The molecule has 4 nitrogen and oxygen atoms in total. The molecule has 0 saturated heterocycles. The minimum Gasteiger partial charge on any atom is -0.393 e. The number of nitrogens with one attached hydrogen (secondary N) is 1. The molecule has 2 bridgehead atoms. The van der Waals surface area contributed by atoms with Gasteiger partial charge in [-0.2, -0.15) is 0 Å². The van der Waals surface area contributed by atoms with Crippen molar-refractivity contribution in [2.24, 2.45) is 64.1 Å². The number of aliphatic hydroxyl groups excluding tert-OH is 2. The number of hydrogen-bond acceptors (Lipinski definition) is 3. The van der Waals surface area contributed by atoms with Crippen LogP contribution in [0.1, 0.15) is 97.8 Å². The van der Waals surface area contributed by atoms with E-state index in [2.05, 4.69) is 38.2 Å². The summed E-state index contributed by atoms with van der Waals surface area (Å²) in [5.74, 6) is 5.72. The van der Waals surface area contributed by atoms with Crippen molar-refractivity contribution in [1.82, 2.24) is 5.32 Å². The number of carbonyl (C=O) groups is 1. The van der Waals surface area contributed by atoms with E-state index in [-0.39, 0.29) is 18.1 Å². The Labute approximate surface area is 219 Å². The van der Waals surface area contributed by atoms with Crippen LogP contribution >= 0.6 is 0 Å². The summed E-state index contributed by atoms with van der Waals surface area (Å²) in [6.07, 6.45) is 17.4. The highest BCUT2D eigenvalue weighted by Crippen LogP contribution is 2.68. The summed E-state index contributed by atoms with van der Waals surface area (Å²) in [5, 5.41) is 25.1. The van der Waals surface area contributed by atoms with Crippen LogP contribution in [0.2, 0.25) is 0 Å². The molecule has 0 unspecified atom stereocenters. The van der Waals surface area contributed by atoms with E-state index in [1.54, 1.807) is 0 Å². The lowest BCUT2D eigenvalue weighted by Crippen LogP contribution is -2.58. The molecule has 0 radical (unpaired) electrons. The quantitative estimate of drug-likeness (QED) is 0.411. The molecule has 6 rings (SSSR count). The van der Waals surface area contributed by atoms with Gasteiger partial charge in [0.25, 0.3) is 0 Å². The van der Waals surface area contributed by atoms with Crippen molar-refractivity contribution < 1.29 is 15.0 Å². The van der Waals surface area contributed by atoms with Gasteiger partial charge in [0.2, 0.25) is 5.91 Å². The van der Waals surface area contributed by atoms with Gasteiger partial charge in [-0.1, -0.05) is 32.9 Å². The Morgan fingerprint density at radius 2 is 1.75 bits per heavy atom. The zero-order valence-electron chi connectivity index (χ0n) is 23.0. The molecular weight excluding hydrogens is 446 g/mol. The molecule has 0 aromatic rings. The van der Waals surface area contributed by atoms with Gasteiger partial charge in [-0.25, -0.2) is 0 Å². The van der Waals surface area contributed by atoms with E-state index in [4.69, 9.17) is 0 Å². The van der Waals surface area contributed by atoms with E-state index in [0.717, 1.165) is 44.6 Å². The monoisotopic (exact) mass is 497 g/mol. The lowest BCUT2D eigenvalue weighted by atomic mass is 9.43. The van der Waals surface area contributed by atoms with Crippen LogP contribution in [-0.2, 0) is 4.79 Å². The average molecular weight is 498 g/mol. The number of rotatable bonds is 6. The molecule has 0 aromatic heterocycles. The Morgan fingerprint density at radius 1 is 0.972 bits per heavy atom. The molecule has 5 fully saturated rings. The number of carbonyl (C=O) groups excluding carboxylic acids is 1. The highest BCUT2D eigenvalue weighted by atomic mass is 16.3. The molecule has 4 heteroatoms. The van der Waals surface area contributed by atoms with Crippen LogP contribution in [0.4, 0.5) is 0 Å². The maximum Gasteiger partial charge on any atom is 0.220 e. The summed E-state index contributed by atoms with van der Waals surface area (Å²) in [4.78, 5) is 12.7. The Bertz CT molecular complexity index is 871. The van der Waals surface area contributed by atoms with E-state index in [0.29, 0.717) is 64.6 Å². The van der Waals surface area contributed by atoms with Gasteiger partial charge in [-0.3, -0.25) is 4.79 Å². The van der Waals surface area contributed by atoms with Crippen molar-refractivity contribution in [3.8, 4) is 0 Å². The van der Waals surface area contributed by atoms with Gasteiger partial charge in [-0.15, -0.1) is 0 Å². The van der Waals surface area contributed by atoms with Crippen LogP contribution in [0, 0.1) is 64.1 Å². The average Bonchev–Trinajstić information content (AvgIpc) is 3.56. The third kappa shape index (κ3) is 4.12. The lowest BCUT2D eigenvalue weighted by molar-refractivity contribution is -0.174. The minimum atomic E-state index is -0.205. The summed E-state index contributed by atoms with van der Waals surface area (Å²) in [6.45, 7) is 8.29. The zero-order chi connectivity index (χ0) is 25.2. The van der Waals surface area contributed by atoms with Crippen molar-refractivity contribution in [2.45, 2.75) is 110 Å². The van der Waals surface area contributed by atoms with Crippen LogP contribution in [0.25, 0.3) is 0 Å². The third-order valence-electron chi connectivity index (χ3n) is 13.2. The molecule has 3 N–H and O–H groups in total. The van der Waals surface area contributed by atoms with E-state index in [9.17, 15) is 15.0 Å². The van der Waals surface area contributed by atoms with Crippen molar-refractivity contribution in [3.63, 3.8) is 0 Å². The molecule has 0 aliphatic heterocycles. The second-order valence-corrected chi connectivity index (χ2v) is 14.8. The fourth-order valence-electron chi connectivity index (χ4n) is 11.2. The number of aliphatic hydroxyl groups is 2. The molecular formula is C32H51NO3. The van der Waals surface area contributed by atoms with E-state index >= 15 is 0 Å². The van der Waals surface area contributed by atoms with Gasteiger partial charge < -0.3 is 15.5 Å². The van der Waals surface area contributed by atoms with Gasteiger partial charge in [0.1, 0.15) is 0 Å². The maximum absolute atomic E-state index is 12.7. The van der Waals surface area contributed by atoms with Gasteiger partial charge in [0.15, 0.2) is 0 Å². The first-order valence-electron chi connectivity index (χ1n) is 15.5. The second-order valence-electron chi connectivity index (χ2n) is 14.8. The third-order valence-corrected chi connectivity index (χ3v) is 13.2. The van der Waals surface area contributed by atoms with E-state index in [1.165, 1.54) is 38.5 Å². The normalized spacial score (nSPS) is 51.9. The zero-order valence-corrected chi connectivity index (χ0v) is 23.0. The highest BCUT2D eigenvalue weighted by Gasteiger charge is 2.62. The van der Waals surface area contributed by atoms with Crippen LogP contribution in [0.5, 0.6) is 0 Å². The summed E-state index contributed by atoms with van der Waals surface area (Å²) < 4.78 is 0. The van der Waals surface area contributed by atoms with Gasteiger partial charge in [-0.05, 0) is 135 Å². The van der Waals surface area contributed by atoms with Crippen molar-refractivity contribution in [2.75, 3.05) is 6.54 Å². The number of hydrogen-bond donors (Lipinski definition) is 3. The molecule has 0 heterocycles. The minimum absolute atomic E-state index is 0.167. The lowest BCUT2D eigenvalue weighted by Gasteiger charge is -2.62. The molecule has 202 valence electrons. The Balaban J connectivity index is 1.06. The van der Waals surface area contributed by atoms with Crippen LogP contribution in [0.15, 0.2) is 12.2 Å². The smallest absolute Gasteiger partial charge is 0.220 e. The van der Waals surface area contributed by atoms with Gasteiger partial charge in [0.05, 0.1) is 12.2 Å². The topological polar surface area (TPSA) is 69.6 Å². The molecule has 36 heavy (non-hydrogen) atoms. The molecule has 13 atom stereocenters. The predicted molar refractivity (Wildman–Crippen MR) is 143 cm³/mol. The molecule has 6 aliphatic carbocycles. The summed E-state index contributed by atoms with van der Waals surface area (Å²) in [7, 11) is 0. The van der Waals surface area contributed by atoms with Crippen molar-refractivity contribution >= 4 is 5.91 Å². The Kier molecular flexibility index (Phi) is 6.63. The molecule has 1 amide bonds. The summed E-state index contributed by atoms with van der Waals surface area (Å²) in [6, 6.07) is 0. The predicted octanol–water partition coefficient (Wildman–Crippen LogP) is 5.72. The molecule has 0 aromatic carbocycles. The highest BCUT2D eigenvalue weighted by molar-refractivity contribution is 5.75. The number of fused-ring (bicyclic) bond motifs is 7. The first kappa shape index (κ1) is 25.4. The van der Waals surface area contributed by atoms with Crippen LogP contribution in [0.3, 0.4) is 0 Å². The first-order valence-corrected chi connectivity index (χ1v) is 15.5. The van der Waals surface area contributed by atoms with Gasteiger partial charge >= 0.3 is 0 Å². The van der Waals surface area contributed by atoms with Crippen LogP contribution < -0.4 is 5.32 Å². The van der Waals surface area contributed by atoms with E-state index in [1.807, 2.05) is 0 Å². The summed E-state index contributed by atoms with van der Waals surface area (Å²) >= 11 is 0. The standard InChI is InChI=1S/C32H51NO3/c1-19(4-9-29(36)33-18-22-15-20-5-6-21(22)14-20)25-7-8-26-30-27(11-13-32(25,26)3)31(2)12-10-24(34)16-23(31)17-28(30)35/h5-6,19-28,30,34-35H,4,7-18H2,1-3H3,(H,33,36)/t19-,20+,21+,22-,23+,24-,25-,26+,27+,28+,30+,31+,32-/m1/s1.